The summed E-state index contributed by atoms with van der Waals surface area (Å²) in [6.07, 6.45) is 0. The molecule has 0 bridgehead atoms. The number of halogens is 1. The maximum atomic E-state index is 14.8. The lowest BCUT2D eigenvalue weighted by Crippen LogP contribution is -2.30. The molecule has 0 fully saturated rings. The Hall–Kier alpha value is -3.32. The van der Waals surface area contributed by atoms with Gasteiger partial charge in [0.25, 0.3) is 5.91 Å². The SMILES string of the molecule is Cc1ccc2oc3c(c(=O)c2c1)[C@H](c1ccccc1F)N(c1nc(C)cs1)C3=O. The van der Waals surface area contributed by atoms with Gasteiger partial charge in [0, 0.05) is 10.9 Å². The zero-order valence-corrected chi connectivity index (χ0v) is 16.4. The Bertz CT molecular complexity index is 1360. The molecule has 7 heteroatoms. The number of aromatic nitrogens is 1. The molecule has 0 saturated heterocycles. The maximum Gasteiger partial charge on any atom is 0.297 e. The molecule has 144 valence electrons. The number of benzene rings is 2. The third kappa shape index (κ3) is 2.61. The fourth-order valence-corrected chi connectivity index (χ4v) is 4.55. The van der Waals surface area contributed by atoms with Crippen molar-refractivity contribution in [3.8, 4) is 0 Å². The Morgan fingerprint density at radius 1 is 1.14 bits per heavy atom. The number of carbonyl (C=O) groups is 1. The monoisotopic (exact) mass is 406 g/mol. The minimum Gasteiger partial charge on any atom is -0.450 e. The number of rotatable bonds is 2. The highest BCUT2D eigenvalue weighted by molar-refractivity contribution is 7.14. The van der Waals surface area contributed by atoms with Gasteiger partial charge < -0.3 is 4.42 Å². The van der Waals surface area contributed by atoms with Crippen LogP contribution in [0.15, 0.2) is 57.1 Å². The molecule has 1 aliphatic rings. The molecule has 5 rings (SSSR count). The Labute approximate surface area is 169 Å². The third-order valence-corrected chi connectivity index (χ3v) is 6.00. The van der Waals surface area contributed by atoms with Crippen molar-refractivity contribution in [1.82, 2.24) is 4.98 Å². The molecular weight excluding hydrogens is 391 g/mol. The summed E-state index contributed by atoms with van der Waals surface area (Å²) in [7, 11) is 0. The van der Waals surface area contributed by atoms with E-state index in [-0.39, 0.29) is 22.3 Å². The van der Waals surface area contributed by atoms with E-state index >= 15 is 0 Å². The van der Waals surface area contributed by atoms with E-state index in [1.165, 1.54) is 22.3 Å². The Balaban J connectivity index is 1.86. The fourth-order valence-electron chi connectivity index (χ4n) is 3.73. The average Bonchev–Trinajstić information content (AvgIpc) is 3.24. The van der Waals surface area contributed by atoms with Crippen LogP contribution in [-0.2, 0) is 0 Å². The highest BCUT2D eigenvalue weighted by atomic mass is 32.1. The van der Waals surface area contributed by atoms with Gasteiger partial charge in [-0.25, -0.2) is 9.37 Å². The van der Waals surface area contributed by atoms with Gasteiger partial charge in [0.05, 0.1) is 16.6 Å². The van der Waals surface area contributed by atoms with Gasteiger partial charge in [-0.05, 0) is 32.0 Å². The lowest BCUT2D eigenvalue weighted by molar-refractivity contribution is 0.0970. The van der Waals surface area contributed by atoms with Gasteiger partial charge in [-0.15, -0.1) is 11.3 Å². The lowest BCUT2D eigenvalue weighted by Gasteiger charge is -2.22. The molecule has 1 amide bonds. The predicted octanol–water partition coefficient (Wildman–Crippen LogP) is 4.76. The van der Waals surface area contributed by atoms with Crippen LogP contribution in [0.2, 0.25) is 0 Å². The Morgan fingerprint density at radius 3 is 2.66 bits per heavy atom. The van der Waals surface area contributed by atoms with Gasteiger partial charge in [-0.3, -0.25) is 14.5 Å². The summed E-state index contributed by atoms with van der Waals surface area (Å²) in [5.41, 5.74) is 2.00. The highest BCUT2D eigenvalue weighted by Gasteiger charge is 2.45. The van der Waals surface area contributed by atoms with Crippen LogP contribution in [0.4, 0.5) is 9.52 Å². The van der Waals surface area contributed by atoms with E-state index in [1.54, 1.807) is 35.7 Å². The van der Waals surface area contributed by atoms with Gasteiger partial charge in [-0.2, -0.15) is 0 Å². The summed E-state index contributed by atoms with van der Waals surface area (Å²) in [5, 5.41) is 2.57. The quantitative estimate of drug-likeness (QED) is 0.482. The van der Waals surface area contributed by atoms with E-state index in [1.807, 2.05) is 19.9 Å². The number of fused-ring (bicyclic) bond motifs is 2. The standard InChI is InChI=1S/C22H15FN2O3S/c1-11-7-8-16-14(9-11)19(26)17-18(13-5-3-4-6-15(13)23)25(21(27)20(17)28-16)22-24-12(2)10-29-22/h3-10,18H,1-2H3/t18-/m0/s1. The summed E-state index contributed by atoms with van der Waals surface area (Å²) < 4.78 is 20.6. The number of hydrogen-bond acceptors (Lipinski definition) is 5. The first kappa shape index (κ1) is 17.8. The molecule has 1 aliphatic heterocycles. The Kier molecular flexibility index (Phi) is 3.89. The van der Waals surface area contributed by atoms with Crippen LogP contribution in [-0.4, -0.2) is 10.9 Å². The summed E-state index contributed by atoms with van der Waals surface area (Å²) in [6, 6.07) is 10.4. The van der Waals surface area contributed by atoms with Crippen molar-refractivity contribution in [3.63, 3.8) is 0 Å². The predicted molar refractivity (Wildman–Crippen MR) is 109 cm³/mol. The summed E-state index contributed by atoms with van der Waals surface area (Å²) in [5.74, 6) is -1.06. The number of amides is 1. The topological polar surface area (TPSA) is 63.4 Å². The minimum atomic E-state index is -0.939. The van der Waals surface area contributed by atoms with Crippen molar-refractivity contribution in [3.05, 3.63) is 92.0 Å². The summed E-state index contributed by atoms with van der Waals surface area (Å²) >= 11 is 1.27. The molecule has 0 N–H and O–H groups in total. The molecule has 4 aromatic rings. The van der Waals surface area contributed by atoms with Crippen LogP contribution in [0.25, 0.3) is 11.0 Å². The van der Waals surface area contributed by atoms with Crippen molar-refractivity contribution in [2.24, 2.45) is 0 Å². The molecule has 0 aliphatic carbocycles. The first-order valence-electron chi connectivity index (χ1n) is 9.03. The molecule has 29 heavy (non-hydrogen) atoms. The number of nitrogens with zero attached hydrogens (tertiary/aromatic N) is 2. The van der Waals surface area contributed by atoms with Gasteiger partial charge in [0.2, 0.25) is 5.76 Å². The second-order valence-electron chi connectivity index (χ2n) is 7.04. The second kappa shape index (κ2) is 6.35. The van der Waals surface area contributed by atoms with E-state index in [0.29, 0.717) is 16.1 Å². The van der Waals surface area contributed by atoms with Crippen LogP contribution >= 0.6 is 11.3 Å². The maximum absolute atomic E-state index is 14.8. The normalized spacial score (nSPS) is 15.9. The average molecular weight is 406 g/mol. The van der Waals surface area contributed by atoms with Crippen LogP contribution in [0.1, 0.15) is 39.0 Å². The molecule has 1 atom stereocenters. The Morgan fingerprint density at radius 2 is 1.93 bits per heavy atom. The van der Waals surface area contributed by atoms with E-state index in [0.717, 1.165) is 11.3 Å². The molecule has 0 unspecified atom stereocenters. The molecule has 0 spiro atoms. The first-order chi connectivity index (χ1) is 14.0. The fraction of sp³-hybridized carbons (Fsp3) is 0.136. The number of thiazole rings is 1. The number of aryl methyl sites for hydroxylation is 2. The lowest BCUT2D eigenvalue weighted by atomic mass is 9.98. The van der Waals surface area contributed by atoms with E-state index in [2.05, 4.69) is 4.98 Å². The van der Waals surface area contributed by atoms with Gasteiger partial charge >= 0.3 is 0 Å². The first-order valence-corrected chi connectivity index (χ1v) is 9.91. The number of hydrogen-bond donors (Lipinski definition) is 0. The van der Waals surface area contributed by atoms with Crippen molar-refractivity contribution in [1.29, 1.82) is 0 Å². The molecule has 5 nitrogen and oxygen atoms in total. The zero-order valence-electron chi connectivity index (χ0n) is 15.6. The van der Waals surface area contributed by atoms with Crippen molar-refractivity contribution >= 4 is 33.3 Å². The number of carbonyl (C=O) groups excluding carboxylic acids is 1. The van der Waals surface area contributed by atoms with E-state index in [4.69, 9.17) is 4.42 Å². The zero-order chi connectivity index (χ0) is 20.3. The van der Waals surface area contributed by atoms with Gasteiger partial charge in [0.1, 0.15) is 17.4 Å². The molecule has 3 heterocycles. The molecular formula is C22H15FN2O3S. The molecule has 2 aromatic carbocycles. The molecule has 2 aromatic heterocycles. The molecule has 0 saturated carbocycles. The summed E-state index contributed by atoms with van der Waals surface area (Å²) in [4.78, 5) is 32.5. The minimum absolute atomic E-state index is 0.0625. The van der Waals surface area contributed by atoms with Crippen molar-refractivity contribution < 1.29 is 13.6 Å². The van der Waals surface area contributed by atoms with Crippen molar-refractivity contribution in [2.75, 3.05) is 4.90 Å². The van der Waals surface area contributed by atoms with Crippen LogP contribution in [0.5, 0.6) is 0 Å². The highest BCUT2D eigenvalue weighted by Crippen LogP contribution is 2.42. The van der Waals surface area contributed by atoms with Crippen LogP contribution < -0.4 is 10.3 Å². The van der Waals surface area contributed by atoms with E-state index in [9.17, 15) is 14.0 Å². The van der Waals surface area contributed by atoms with E-state index < -0.39 is 17.8 Å². The largest absolute Gasteiger partial charge is 0.450 e. The third-order valence-electron chi connectivity index (χ3n) is 5.04. The van der Waals surface area contributed by atoms with Gasteiger partial charge in [-0.1, -0.05) is 29.8 Å². The van der Waals surface area contributed by atoms with Gasteiger partial charge in [0.15, 0.2) is 10.6 Å². The smallest absolute Gasteiger partial charge is 0.297 e. The van der Waals surface area contributed by atoms with Crippen LogP contribution in [0.3, 0.4) is 0 Å². The molecule has 0 radical (unpaired) electrons. The van der Waals surface area contributed by atoms with Crippen molar-refractivity contribution in [2.45, 2.75) is 19.9 Å². The number of anilines is 1. The summed E-state index contributed by atoms with van der Waals surface area (Å²) in [6.45, 7) is 3.68. The van der Waals surface area contributed by atoms with Crippen LogP contribution in [0, 0.1) is 19.7 Å². The second-order valence-corrected chi connectivity index (χ2v) is 7.88.